The molecule has 82 valence electrons. The number of hydrogen-bond acceptors (Lipinski definition) is 2. The van der Waals surface area contributed by atoms with Crippen molar-refractivity contribution < 1.29 is 4.79 Å². The van der Waals surface area contributed by atoms with Crippen LogP contribution in [0.1, 0.15) is 56.1 Å². The Morgan fingerprint density at radius 1 is 1.47 bits per heavy atom. The van der Waals surface area contributed by atoms with Gasteiger partial charge in [-0.15, -0.1) is 0 Å². The van der Waals surface area contributed by atoms with E-state index in [1.165, 1.54) is 25.7 Å². The molecule has 0 N–H and O–H groups in total. The van der Waals surface area contributed by atoms with Crippen LogP contribution in [-0.2, 0) is 0 Å². The van der Waals surface area contributed by atoms with Crippen LogP contribution >= 0.6 is 0 Å². The van der Waals surface area contributed by atoms with E-state index in [4.69, 9.17) is 0 Å². The molecule has 1 fully saturated rings. The van der Waals surface area contributed by atoms with Crippen molar-refractivity contribution in [2.24, 2.45) is 5.92 Å². The molecule has 3 nitrogen and oxygen atoms in total. The molecule has 1 saturated carbocycles. The zero-order valence-corrected chi connectivity index (χ0v) is 9.44. The molecule has 0 saturated heterocycles. The normalized spacial score (nSPS) is 17.5. The summed E-state index contributed by atoms with van der Waals surface area (Å²) in [6, 6.07) is 2.30. The summed E-state index contributed by atoms with van der Waals surface area (Å²) < 4.78 is 1.94. The van der Waals surface area contributed by atoms with E-state index < -0.39 is 0 Å². The predicted molar refractivity (Wildman–Crippen MR) is 58.9 cm³/mol. The second kappa shape index (κ2) is 4.17. The van der Waals surface area contributed by atoms with E-state index in [0.29, 0.717) is 6.04 Å². The lowest BCUT2D eigenvalue weighted by atomic mass is 10.1. The van der Waals surface area contributed by atoms with Crippen LogP contribution in [0.25, 0.3) is 0 Å². The first-order chi connectivity index (χ1) is 7.20. The van der Waals surface area contributed by atoms with Crippen molar-refractivity contribution in [3.8, 4) is 0 Å². The topological polar surface area (TPSA) is 34.9 Å². The van der Waals surface area contributed by atoms with Gasteiger partial charge in [0.25, 0.3) is 0 Å². The van der Waals surface area contributed by atoms with Gasteiger partial charge in [-0.2, -0.15) is 5.10 Å². The third-order valence-corrected chi connectivity index (χ3v) is 3.12. The molecule has 0 bridgehead atoms. The third kappa shape index (κ3) is 1.96. The molecular formula is C12H18N2O. The molecule has 0 atom stereocenters. The first-order valence-electron chi connectivity index (χ1n) is 5.78. The Bertz CT molecular complexity index is 348. The zero-order valence-electron chi connectivity index (χ0n) is 9.44. The van der Waals surface area contributed by atoms with E-state index >= 15 is 0 Å². The lowest BCUT2D eigenvalue weighted by molar-refractivity contribution is 0.0925. The van der Waals surface area contributed by atoms with Crippen molar-refractivity contribution in [3.63, 3.8) is 0 Å². The highest BCUT2D eigenvalue weighted by Crippen LogP contribution is 2.30. The number of rotatable bonds is 3. The predicted octanol–water partition coefficient (Wildman–Crippen LogP) is 2.84. The fourth-order valence-corrected chi connectivity index (χ4v) is 2.24. The standard InChI is InChI=1S/C12H18N2O/c1-9(2)12(15)11-7-8-13-14(11)10-5-3-4-6-10/h7-10H,3-6H2,1-2H3. The van der Waals surface area contributed by atoms with Gasteiger partial charge in [0.1, 0.15) is 5.69 Å². The average molecular weight is 206 g/mol. The average Bonchev–Trinajstić information content (AvgIpc) is 2.86. The number of carbonyl (C=O) groups is 1. The van der Waals surface area contributed by atoms with Crippen LogP contribution in [0.3, 0.4) is 0 Å². The molecule has 3 heteroatoms. The lowest BCUT2D eigenvalue weighted by Crippen LogP contribution is -2.17. The highest BCUT2D eigenvalue weighted by atomic mass is 16.1. The number of hydrogen-bond donors (Lipinski definition) is 0. The molecule has 1 heterocycles. The molecule has 1 aromatic heterocycles. The van der Waals surface area contributed by atoms with E-state index in [1.807, 2.05) is 24.6 Å². The van der Waals surface area contributed by atoms with Gasteiger partial charge in [0.15, 0.2) is 5.78 Å². The van der Waals surface area contributed by atoms with Crippen LogP contribution in [-0.4, -0.2) is 15.6 Å². The molecule has 1 aromatic rings. The first kappa shape index (κ1) is 10.4. The smallest absolute Gasteiger partial charge is 0.183 e. The maximum Gasteiger partial charge on any atom is 0.183 e. The van der Waals surface area contributed by atoms with Gasteiger partial charge in [-0.1, -0.05) is 26.7 Å². The van der Waals surface area contributed by atoms with Crippen LogP contribution in [0.2, 0.25) is 0 Å². The van der Waals surface area contributed by atoms with Crippen LogP contribution in [0, 0.1) is 5.92 Å². The summed E-state index contributed by atoms with van der Waals surface area (Å²) in [5.41, 5.74) is 0.789. The van der Waals surface area contributed by atoms with Crippen molar-refractivity contribution in [1.82, 2.24) is 9.78 Å². The number of ketones is 1. The van der Waals surface area contributed by atoms with Gasteiger partial charge in [-0.05, 0) is 18.9 Å². The van der Waals surface area contributed by atoms with Crippen LogP contribution < -0.4 is 0 Å². The summed E-state index contributed by atoms with van der Waals surface area (Å²) in [5.74, 6) is 0.265. The second-order valence-corrected chi connectivity index (χ2v) is 4.62. The summed E-state index contributed by atoms with van der Waals surface area (Å²) in [7, 11) is 0. The molecule has 0 radical (unpaired) electrons. The number of carbonyl (C=O) groups excluding carboxylic acids is 1. The van der Waals surface area contributed by atoms with Gasteiger partial charge in [-0.3, -0.25) is 9.48 Å². The number of Topliss-reactive ketones (excluding diaryl/α,β-unsaturated/α-hetero) is 1. The second-order valence-electron chi connectivity index (χ2n) is 4.62. The van der Waals surface area contributed by atoms with E-state index in [9.17, 15) is 4.79 Å². The summed E-state index contributed by atoms with van der Waals surface area (Å²) >= 11 is 0. The van der Waals surface area contributed by atoms with Crippen molar-refractivity contribution >= 4 is 5.78 Å². The Kier molecular flexibility index (Phi) is 2.89. The van der Waals surface area contributed by atoms with Crippen molar-refractivity contribution in [2.75, 3.05) is 0 Å². The maximum absolute atomic E-state index is 11.9. The van der Waals surface area contributed by atoms with Crippen molar-refractivity contribution in [2.45, 2.75) is 45.6 Å². The summed E-state index contributed by atoms with van der Waals surface area (Å²) in [4.78, 5) is 11.9. The molecule has 2 rings (SSSR count). The van der Waals surface area contributed by atoms with E-state index in [-0.39, 0.29) is 11.7 Å². The molecule has 0 aliphatic heterocycles. The van der Waals surface area contributed by atoms with Crippen LogP contribution in [0.4, 0.5) is 0 Å². The number of aromatic nitrogens is 2. The molecule has 0 amide bonds. The quantitative estimate of drug-likeness (QED) is 0.713. The highest BCUT2D eigenvalue weighted by Gasteiger charge is 2.23. The van der Waals surface area contributed by atoms with Gasteiger partial charge in [0.2, 0.25) is 0 Å². The molecule has 15 heavy (non-hydrogen) atoms. The van der Waals surface area contributed by atoms with E-state index in [2.05, 4.69) is 5.10 Å². The lowest BCUT2D eigenvalue weighted by Gasteiger charge is -2.14. The Labute approximate surface area is 90.5 Å². The van der Waals surface area contributed by atoms with Gasteiger partial charge in [-0.25, -0.2) is 0 Å². The summed E-state index contributed by atoms with van der Waals surface area (Å²) in [6.07, 6.45) is 6.60. The van der Waals surface area contributed by atoms with E-state index in [0.717, 1.165) is 5.69 Å². The fraction of sp³-hybridized carbons (Fsp3) is 0.667. The monoisotopic (exact) mass is 206 g/mol. The summed E-state index contributed by atoms with van der Waals surface area (Å²) in [6.45, 7) is 3.88. The maximum atomic E-state index is 11.9. The van der Waals surface area contributed by atoms with Gasteiger partial charge >= 0.3 is 0 Å². The highest BCUT2D eigenvalue weighted by molar-refractivity contribution is 5.95. The molecule has 1 aliphatic rings. The SMILES string of the molecule is CC(C)C(=O)c1ccnn1C1CCCC1. The molecule has 0 aromatic carbocycles. The summed E-state index contributed by atoms with van der Waals surface area (Å²) in [5, 5.41) is 4.30. The third-order valence-electron chi connectivity index (χ3n) is 3.12. The minimum absolute atomic E-state index is 0.0573. The minimum Gasteiger partial charge on any atom is -0.292 e. The molecule has 1 aliphatic carbocycles. The van der Waals surface area contributed by atoms with Crippen molar-refractivity contribution in [3.05, 3.63) is 18.0 Å². The Balaban J connectivity index is 2.25. The van der Waals surface area contributed by atoms with Gasteiger partial charge in [0.05, 0.1) is 6.04 Å². The van der Waals surface area contributed by atoms with Crippen molar-refractivity contribution in [1.29, 1.82) is 0 Å². The molecule has 0 spiro atoms. The fourth-order valence-electron chi connectivity index (χ4n) is 2.24. The Morgan fingerprint density at radius 3 is 2.73 bits per heavy atom. The van der Waals surface area contributed by atoms with Crippen LogP contribution in [0.15, 0.2) is 12.3 Å². The zero-order chi connectivity index (χ0) is 10.8. The minimum atomic E-state index is 0.0573. The van der Waals surface area contributed by atoms with E-state index in [1.54, 1.807) is 6.20 Å². The first-order valence-corrected chi connectivity index (χ1v) is 5.78. The van der Waals surface area contributed by atoms with Gasteiger partial charge < -0.3 is 0 Å². The molecule has 0 unspecified atom stereocenters. The Hall–Kier alpha value is -1.12. The molecular weight excluding hydrogens is 188 g/mol. The number of nitrogens with zero attached hydrogens (tertiary/aromatic N) is 2. The largest absolute Gasteiger partial charge is 0.292 e. The van der Waals surface area contributed by atoms with Gasteiger partial charge in [0, 0.05) is 12.1 Å². The van der Waals surface area contributed by atoms with Crippen LogP contribution in [0.5, 0.6) is 0 Å². The Morgan fingerprint density at radius 2 is 2.13 bits per heavy atom.